The molecule has 0 spiro atoms. The summed E-state index contributed by atoms with van der Waals surface area (Å²) < 4.78 is 0. The molecule has 0 radical (unpaired) electrons. The molecule has 1 aromatic heterocycles. The number of piperidine rings is 1. The van der Waals surface area contributed by atoms with Gasteiger partial charge in [-0.2, -0.15) is 0 Å². The van der Waals surface area contributed by atoms with Crippen molar-refractivity contribution in [2.45, 2.75) is 25.8 Å². The molecule has 0 bridgehead atoms. The largest absolute Gasteiger partial charge is 0.346 e. The second-order valence-electron chi connectivity index (χ2n) is 6.64. The Morgan fingerprint density at radius 3 is 2.65 bits per heavy atom. The molecule has 0 atom stereocenters. The van der Waals surface area contributed by atoms with Gasteiger partial charge in [-0.15, -0.1) is 0 Å². The number of hydrogen-bond acceptors (Lipinski definition) is 4. The van der Waals surface area contributed by atoms with Crippen molar-refractivity contribution in [2.75, 3.05) is 18.0 Å². The van der Waals surface area contributed by atoms with E-state index in [9.17, 15) is 4.79 Å². The van der Waals surface area contributed by atoms with Gasteiger partial charge in [-0.3, -0.25) is 4.79 Å². The number of rotatable bonds is 4. The summed E-state index contributed by atoms with van der Waals surface area (Å²) in [5, 5.41) is 5.16. The molecular formula is C21H22N4O. The maximum atomic E-state index is 12.5. The summed E-state index contributed by atoms with van der Waals surface area (Å²) in [6, 6.07) is 15.6. The third kappa shape index (κ3) is 3.67. The van der Waals surface area contributed by atoms with E-state index < -0.39 is 0 Å². The molecule has 2 heterocycles. The third-order valence-corrected chi connectivity index (χ3v) is 4.78. The van der Waals surface area contributed by atoms with Gasteiger partial charge in [0.05, 0.1) is 12.2 Å². The SMILES string of the molecule is O=C(NCc1ccnc(N2CCCCC2)n1)c1ccc2ccccc2c1. The molecule has 0 unspecified atom stereocenters. The Hall–Kier alpha value is -2.95. The fraction of sp³-hybridized carbons (Fsp3) is 0.286. The number of nitrogens with zero attached hydrogens (tertiary/aromatic N) is 3. The highest BCUT2D eigenvalue weighted by atomic mass is 16.1. The van der Waals surface area contributed by atoms with E-state index in [1.165, 1.54) is 19.3 Å². The van der Waals surface area contributed by atoms with Gasteiger partial charge in [0.1, 0.15) is 0 Å². The second-order valence-corrected chi connectivity index (χ2v) is 6.64. The van der Waals surface area contributed by atoms with Gasteiger partial charge in [-0.25, -0.2) is 9.97 Å². The summed E-state index contributed by atoms with van der Waals surface area (Å²) in [6.45, 7) is 2.41. The van der Waals surface area contributed by atoms with Gasteiger partial charge in [0.2, 0.25) is 5.95 Å². The number of amides is 1. The van der Waals surface area contributed by atoms with Crippen LogP contribution >= 0.6 is 0 Å². The number of benzene rings is 2. The van der Waals surface area contributed by atoms with Gasteiger partial charge < -0.3 is 10.2 Å². The van der Waals surface area contributed by atoms with E-state index in [2.05, 4.69) is 20.2 Å². The number of hydrogen-bond donors (Lipinski definition) is 1. The molecule has 1 aliphatic heterocycles. The molecule has 1 aliphatic rings. The maximum Gasteiger partial charge on any atom is 0.251 e. The van der Waals surface area contributed by atoms with Crippen LogP contribution in [0.15, 0.2) is 54.7 Å². The molecule has 1 saturated heterocycles. The van der Waals surface area contributed by atoms with Gasteiger partial charge in [0.25, 0.3) is 5.91 Å². The zero-order chi connectivity index (χ0) is 17.8. The molecule has 4 rings (SSSR count). The Balaban J connectivity index is 1.43. The molecule has 5 nitrogen and oxygen atoms in total. The average Bonchev–Trinajstić information content (AvgIpc) is 2.72. The lowest BCUT2D eigenvalue weighted by molar-refractivity contribution is 0.0950. The number of fused-ring (bicyclic) bond motifs is 1. The van der Waals surface area contributed by atoms with Crippen molar-refractivity contribution in [2.24, 2.45) is 0 Å². The molecule has 26 heavy (non-hydrogen) atoms. The van der Waals surface area contributed by atoms with Gasteiger partial charge >= 0.3 is 0 Å². The normalized spacial score (nSPS) is 14.4. The maximum absolute atomic E-state index is 12.5. The Labute approximate surface area is 153 Å². The summed E-state index contributed by atoms with van der Waals surface area (Å²) in [7, 11) is 0. The minimum Gasteiger partial charge on any atom is -0.346 e. The Morgan fingerprint density at radius 1 is 1.00 bits per heavy atom. The van der Waals surface area contributed by atoms with Crippen molar-refractivity contribution >= 4 is 22.6 Å². The molecule has 1 fully saturated rings. The third-order valence-electron chi connectivity index (χ3n) is 4.78. The van der Waals surface area contributed by atoms with Crippen LogP contribution in [0.25, 0.3) is 10.8 Å². The van der Waals surface area contributed by atoms with Crippen molar-refractivity contribution in [3.63, 3.8) is 0 Å². The lowest BCUT2D eigenvalue weighted by Gasteiger charge is -2.26. The molecule has 132 valence electrons. The summed E-state index contributed by atoms with van der Waals surface area (Å²) >= 11 is 0. The van der Waals surface area contributed by atoms with Gasteiger partial charge in [0, 0.05) is 24.8 Å². The fourth-order valence-corrected chi connectivity index (χ4v) is 3.33. The predicted molar refractivity (Wildman–Crippen MR) is 103 cm³/mol. The highest BCUT2D eigenvalue weighted by molar-refractivity contribution is 5.98. The summed E-state index contributed by atoms with van der Waals surface area (Å²) in [5.41, 5.74) is 1.49. The Bertz CT molecular complexity index is 919. The molecule has 2 aromatic carbocycles. The van der Waals surface area contributed by atoms with Crippen molar-refractivity contribution in [1.29, 1.82) is 0 Å². The first-order chi connectivity index (χ1) is 12.8. The number of carbonyl (C=O) groups is 1. The first-order valence-electron chi connectivity index (χ1n) is 9.13. The Kier molecular flexibility index (Phi) is 4.78. The first kappa shape index (κ1) is 16.5. The topological polar surface area (TPSA) is 58.1 Å². The minimum atomic E-state index is -0.0890. The number of nitrogens with one attached hydrogen (secondary N) is 1. The molecule has 1 amide bonds. The van der Waals surface area contributed by atoms with Gasteiger partial charge in [0.15, 0.2) is 0 Å². The lowest BCUT2D eigenvalue weighted by Crippen LogP contribution is -2.31. The van der Waals surface area contributed by atoms with Crippen molar-refractivity contribution in [1.82, 2.24) is 15.3 Å². The summed E-state index contributed by atoms with van der Waals surface area (Å²) in [6.07, 6.45) is 5.42. The summed E-state index contributed by atoms with van der Waals surface area (Å²) in [5.74, 6) is 0.677. The van der Waals surface area contributed by atoms with Crippen molar-refractivity contribution in [3.8, 4) is 0 Å². The zero-order valence-corrected chi connectivity index (χ0v) is 14.7. The van der Waals surface area contributed by atoms with Crippen LogP contribution in [0.2, 0.25) is 0 Å². The van der Waals surface area contributed by atoms with Crippen LogP contribution in [-0.2, 0) is 6.54 Å². The molecule has 0 aliphatic carbocycles. The first-order valence-corrected chi connectivity index (χ1v) is 9.13. The van der Waals surface area contributed by atoms with E-state index in [0.717, 1.165) is 35.5 Å². The molecule has 0 saturated carbocycles. The monoisotopic (exact) mass is 346 g/mol. The van der Waals surface area contributed by atoms with Crippen LogP contribution in [0.4, 0.5) is 5.95 Å². The van der Waals surface area contributed by atoms with Crippen LogP contribution in [0.5, 0.6) is 0 Å². The fourth-order valence-electron chi connectivity index (χ4n) is 3.33. The van der Waals surface area contributed by atoms with E-state index in [1.807, 2.05) is 48.5 Å². The lowest BCUT2D eigenvalue weighted by atomic mass is 10.1. The predicted octanol–water partition coefficient (Wildman–Crippen LogP) is 3.55. The van der Waals surface area contributed by atoms with Gasteiger partial charge in [-0.05, 0) is 48.2 Å². The van der Waals surface area contributed by atoms with E-state index in [-0.39, 0.29) is 5.91 Å². The van der Waals surface area contributed by atoms with Crippen LogP contribution in [0, 0.1) is 0 Å². The highest BCUT2D eigenvalue weighted by Crippen LogP contribution is 2.17. The molecular weight excluding hydrogens is 324 g/mol. The quantitative estimate of drug-likeness (QED) is 0.785. The minimum absolute atomic E-state index is 0.0890. The van der Waals surface area contributed by atoms with Crippen molar-refractivity contribution in [3.05, 3.63) is 66.0 Å². The molecule has 3 aromatic rings. The van der Waals surface area contributed by atoms with Gasteiger partial charge in [-0.1, -0.05) is 30.3 Å². The van der Waals surface area contributed by atoms with Crippen LogP contribution < -0.4 is 10.2 Å². The average molecular weight is 346 g/mol. The Morgan fingerprint density at radius 2 is 1.81 bits per heavy atom. The number of aromatic nitrogens is 2. The van der Waals surface area contributed by atoms with E-state index >= 15 is 0 Å². The smallest absolute Gasteiger partial charge is 0.251 e. The van der Waals surface area contributed by atoms with E-state index in [1.54, 1.807) is 6.20 Å². The number of anilines is 1. The summed E-state index contributed by atoms with van der Waals surface area (Å²) in [4.78, 5) is 23.7. The van der Waals surface area contributed by atoms with Crippen LogP contribution in [0.3, 0.4) is 0 Å². The van der Waals surface area contributed by atoms with Crippen LogP contribution in [-0.4, -0.2) is 29.0 Å². The number of carbonyl (C=O) groups excluding carboxylic acids is 1. The standard InChI is InChI=1S/C21H22N4O/c26-20(18-9-8-16-6-2-3-7-17(16)14-18)23-15-19-10-11-22-21(24-19)25-12-4-1-5-13-25/h2-3,6-11,14H,1,4-5,12-13,15H2,(H,23,26). The van der Waals surface area contributed by atoms with Crippen molar-refractivity contribution < 1.29 is 4.79 Å². The van der Waals surface area contributed by atoms with E-state index in [0.29, 0.717) is 12.1 Å². The van der Waals surface area contributed by atoms with Crippen LogP contribution in [0.1, 0.15) is 35.3 Å². The van der Waals surface area contributed by atoms with E-state index in [4.69, 9.17) is 0 Å². The molecule has 1 N–H and O–H groups in total. The highest BCUT2D eigenvalue weighted by Gasteiger charge is 2.14. The molecule has 5 heteroatoms. The zero-order valence-electron chi connectivity index (χ0n) is 14.7. The second kappa shape index (κ2) is 7.52.